The smallest absolute Gasteiger partial charge is 0.123 e. The molecule has 3 heteroatoms. The molecule has 0 atom stereocenters. The highest BCUT2D eigenvalue weighted by molar-refractivity contribution is 5.32. The van der Waals surface area contributed by atoms with Crippen LogP contribution in [0.2, 0.25) is 0 Å². The Kier molecular flexibility index (Phi) is 4.05. The van der Waals surface area contributed by atoms with Gasteiger partial charge in [-0.15, -0.1) is 0 Å². The van der Waals surface area contributed by atoms with Crippen molar-refractivity contribution in [3.8, 4) is 11.5 Å². The Morgan fingerprint density at radius 2 is 1.94 bits per heavy atom. The van der Waals surface area contributed by atoms with E-state index in [1.165, 1.54) is 25.9 Å². The fourth-order valence-electron chi connectivity index (χ4n) is 1.99. The van der Waals surface area contributed by atoms with E-state index in [0.29, 0.717) is 0 Å². The fraction of sp³-hybridized carbons (Fsp3) is 0.538. The molecule has 0 amide bonds. The predicted molar refractivity (Wildman–Crippen MR) is 64.2 cm³/mol. The summed E-state index contributed by atoms with van der Waals surface area (Å²) in [6, 6.07) is 7.76. The SMILES string of the molecule is COc1cccc(OCCN2CCCC2)c1. The molecule has 0 unspecified atom stereocenters. The third-order valence-corrected chi connectivity index (χ3v) is 2.92. The molecule has 3 nitrogen and oxygen atoms in total. The molecule has 1 heterocycles. The normalized spacial score (nSPS) is 16.3. The van der Waals surface area contributed by atoms with Crippen LogP contribution in [0.25, 0.3) is 0 Å². The topological polar surface area (TPSA) is 21.7 Å². The van der Waals surface area contributed by atoms with Gasteiger partial charge < -0.3 is 9.47 Å². The zero-order valence-corrected chi connectivity index (χ0v) is 9.82. The standard InChI is InChI=1S/C13H19NO2/c1-15-12-5-4-6-13(11-12)16-10-9-14-7-2-3-8-14/h4-6,11H,2-3,7-10H2,1H3. The number of hydrogen-bond donors (Lipinski definition) is 0. The number of nitrogens with zero attached hydrogens (tertiary/aromatic N) is 1. The van der Waals surface area contributed by atoms with Gasteiger partial charge in [-0.25, -0.2) is 0 Å². The van der Waals surface area contributed by atoms with E-state index < -0.39 is 0 Å². The van der Waals surface area contributed by atoms with Gasteiger partial charge in [-0.05, 0) is 38.1 Å². The Labute approximate surface area is 97.0 Å². The van der Waals surface area contributed by atoms with E-state index in [2.05, 4.69) is 4.90 Å². The summed E-state index contributed by atoms with van der Waals surface area (Å²) in [6.45, 7) is 4.23. The van der Waals surface area contributed by atoms with Crippen molar-refractivity contribution >= 4 is 0 Å². The molecule has 0 aromatic heterocycles. The van der Waals surface area contributed by atoms with Gasteiger partial charge in [0.25, 0.3) is 0 Å². The molecule has 1 aliphatic heterocycles. The Morgan fingerprint density at radius 1 is 1.19 bits per heavy atom. The zero-order valence-electron chi connectivity index (χ0n) is 9.82. The molecule has 1 aliphatic rings. The van der Waals surface area contributed by atoms with Crippen molar-refractivity contribution in [3.63, 3.8) is 0 Å². The summed E-state index contributed by atoms with van der Waals surface area (Å²) < 4.78 is 10.8. The molecule has 1 aromatic carbocycles. The highest BCUT2D eigenvalue weighted by Crippen LogP contribution is 2.18. The van der Waals surface area contributed by atoms with Gasteiger partial charge in [-0.2, -0.15) is 0 Å². The second-order valence-corrected chi connectivity index (χ2v) is 4.08. The van der Waals surface area contributed by atoms with E-state index >= 15 is 0 Å². The summed E-state index contributed by atoms with van der Waals surface area (Å²) in [5, 5.41) is 0. The van der Waals surface area contributed by atoms with Crippen molar-refractivity contribution in [3.05, 3.63) is 24.3 Å². The summed E-state index contributed by atoms with van der Waals surface area (Å²) in [4.78, 5) is 2.44. The van der Waals surface area contributed by atoms with Crippen LogP contribution < -0.4 is 9.47 Å². The van der Waals surface area contributed by atoms with Crippen molar-refractivity contribution < 1.29 is 9.47 Å². The average Bonchev–Trinajstić information content (AvgIpc) is 2.82. The van der Waals surface area contributed by atoms with Crippen LogP contribution in [0.15, 0.2) is 24.3 Å². The molecule has 0 N–H and O–H groups in total. The molecule has 1 aromatic rings. The second-order valence-electron chi connectivity index (χ2n) is 4.08. The minimum atomic E-state index is 0.757. The molecule has 1 saturated heterocycles. The van der Waals surface area contributed by atoms with Crippen LogP contribution in [-0.2, 0) is 0 Å². The Hall–Kier alpha value is -1.22. The van der Waals surface area contributed by atoms with Crippen molar-refractivity contribution in [2.45, 2.75) is 12.8 Å². The summed E-state index contributed by atoms with van der Waals surface area (Å²) in [7, 11) is 1.67. The highest BCUT2D eigenvalue weighted by atomic mass is 16.5. The molecular weight excluding hydrogens is 202 g/mol. The van der Waals surface area contributed by atoms with E-state index in [1.54, 1.807) is 7.11 Å². The number of hydrogen-bond acceptors (Lipinski definition) is 3. The van der Waals surface area contributed by atoms with E-state index in [-0.39, 0.29) is 0 Å². The Bertz CT molecular complexity index is 321. The van der Waals surface area contributed by atoms with Crippen LogP contribution in [0.5, 0.6) is 11.5 Å². The van der Waals surface area contributed by atoms with Crippen LogP contribution in [0.4, 0.5) is 0 Å². The lowest BCUT2D eigenvalue weighted by Gasteiger charge is -2.15. The number of methoxy groups -OCH3 is 1. The van der Waals surface area contributed by atoms with E-state index in [1.807, 2.05) is 24.3 Å². The molecule has 0 bridgehead atoms. The number of rotatable bonds is 5. The van der Waals surface area contributed by atoms with Gasteiger partial charge in [0.1, 0.15) is 18.1 Å². The predicted octanol–water partition coefficient (Wildman–Crippen LogP) is 2.17. The van der Waals surface area contributed by atoms with Gasteiger partial charge in [-0.1, -0.05) is 6.07 Å². The number of likely N-dealkylation sites (tertiary alicyclic amines) is 1. The molecule has 1 fully saturated rings. The maximum atomic E-state index is 5.69. The minimum absolute atomic E-state index is 0.757. The summed E-state index contributed by atoms with van der Waals surface area (Å²) in [5.74, 6) is 1.73. The quantitative estimate of drug-likeness (QED) is 0.760. The fourth-order valence-corrected chi connectivity index (χ4v) is 1.99. The number of ether oxygens (including phenoxy) is 2. The maximum absolute atomic E-state index is 5.69. The zero-order chi connectivity index (χ0) is 11.2. The molecule has 2 rings (SSSR count). The van der Waals surface area contributed by atoms with Crippen LogP contribution in [-0.4, -0.2) is 38.3 Å². The molecular formula is C13H19NO2. The molecule has 0 radical (unpaired) electrons. The second kappa shape index (κ2) is 5.75. The largest absolute Gasteiger partial charge is 0.497 e. The molecule has 0 spiro atoms. The summed E-state index contributed by atoms with van der Waals surface area (Å²) >= 11 is 0. The van der Waals surface area contributed by atoms with Gasteiger partial charge in [-0.3, -0.25) is 4.90 Å². The first-order valence-electron chi connectivity index (χ1n) is 5.88. The van der Waals surface area contributed by atoms with Gasteiger partial charge in [0.2, 0.25) is 0 Å². The maximum Gasteiger partial charge on any atom is 0.123 e. The van der Waals surface area contributed by atoms with Crippen molar-refractivity contribution in [2.24, 2.45) is 0 Å². The first-order chi connectivity index (χ1) is 7.88. The van der Waals surface area contributed by atoms with Gasteiger partial charge in [0.15, 0.2) is 0 Å². The van der Waals surface area contributed by atoms with Crippen molar-refractivity contribution in [1.29, 1.82) is 0 Å². The lowest BCUT2D eigenvalue weighted by atomic mass is 10.3. The molecule has 88 valence electrons. The molecule has 16 heavy (non-hydrogen) atoms. The first kappa shape index (κ1) is 11.3. The van der Waals surface area contributed by atoms with Gasteiger partial charge in [0, 0.05) is 12.6 Å². The Balaban J connectivity index is 1.75. The van der Waals surface area contributed by atoms with Crippen LogP contribution in [0.3, 0.4) is 0 Å². The van der Waals surface area contributed by atoms with Crippen LogP contribution in [0.1, 0.15) is 12.8 Å². The van der Waals surface area contributed by atoms with E-state index in [0.717, 1.165) is 24.7 Å². The van der Waals surface area contributed by atoms with E-state index in [4.69, 9.17) is 9.47 Å². The van der Waals surface area contributed by atoms with Crippen LogP contribution >= 0.6 is 0 Å². The number of benzene rings is 1. The third kappa shape index (κ3) is 3.14. The van der Waals surface area contributed by atoms with Crippen molar-refractivity contribution in [2.75, 3.05) is 33.4 Å². The minimum Gasteiger partial charge on any atom is -0.497 e. The van der Waals surface area contributed by atoms with E-state index in [9.17, 15) is 0 Å². The Morgan fingerprint density at radius 3 is 2.69 bits per heavy atom. The lowest BCUT2D eigenvalue weighted by molar-refractivity contribution is 0.237. The summed E-state index contributed by atoms with van der Waals surface area (Å²) in [6.07, 6.45) is 2.66. The molecule has 0 aliphatic carbocycles. The molecule has 0 saturated carbocycles. The monoisotopic (exact) mass is 221 g/mol. The van der Waals surface area contributed by atoms with Crippen LogP contribution in [0, 0.1) is 0 Å². The average molecular weight is 221 g/mol. The lowest BCUT2D eigenvalue weighted by Crippen LogP contribution is -2.25. The van der Waals surface area contributed by atoms with Gasteiger partial charge >= 0.3 is 0 Å². The summed E-state index contributed by atoms with van der Waals surface area (Å²) in [5.41, 5.74) is 0. The highest BCUT2D eigenvalue weighted by Gasteiger charge is 2.10. The third-order valence-electron chi connectivity index (χ3n) is 2.92. The van der Waals surface area contributed by atoms with Gasteiger partial charge in [0.05, 0.1) is 7.11 Å². The first-order valence-corrected chi connectivity index (χ1v) is 5.88. The van der Waals surface area contributed by atoms with Crippen molar-refractivity contribution in [1.82, 2.24) is 4.90 Å².